The second-order valence-electron chi connectivity index (χ2n) is 8.95. The number of nitrogens with zero attached hydrogens (tertiary/aromatic N) is 1. The monoisotopic (exact) mass is 496 g/mol. The number of alkyl carbamates (subject to hydrolysis) is 1. The van der Waals surface area contributed by atoms with E-state index in [1.54, 1.807) is 0 Å². The van der Waals surface area contributed by atoms with Crippen molar-refractivity contribution in [3.8, 4) is 11.1 Å². The Bertz CT molecular complexity index is 1020. The predicted molar refractivity (Wildman–Crippen MR) is 118 cm³/mol. The average Bonchev–Trinajstić information content (AvgIpc) is 3.08. The molecular weight excluding hydrogens is 469 g/mol. The van der Waals surface area contributed by atoms with E-state index in [1.807, 2.05) is 57.5 Å². The Morgan fingerprint density at radius 3 is 1.89 bits per heavy atom. The van der Waals surface area contributed by atoms with E-state index >= 15 is 0 Å². The number of carbonyl (C=O) groups excluding carboxylic acids is 2. The molecule has 0 aromatic heterocycles. The molecule has 11 heteroatoms. The highest BCUT2D eigenvalue weighted by atomic mass is 19.4. The molecule has 3 rings (SSSR count). The first kappa shape index (κ1) is 27.6. The summed E-state index contributed by atoms with van der Waals surface area (Å²) in [7, 11) is 5.94. The van der Waals surface area contributed by atoms with Gasteiger partial charge in [-0.3, -0.25) is 0 Å². The number of carbonyl (C=O) groups is 3. The molecule has 0 saturated heterocycles. The van der Waals surface area contributed by atoms with Crippen molar-refractivity contribution in [2.45, 2.75) is 24.6 Å². The molecule has 0 unspecified atom stereocenters. The van der Waals surface area contributed by atoms with E-state index < -0.39 is 30.2 Å². The molecule has 2 N–H and O–H groups in total. The number of halogens is 3. The van der Waals surface area contributed by atoms with Crippen LogP contribution in [-0.2, 0) is 14.3 Å². The largest absolute Gasteiger partial charge is 0.542 e. The number of nitrogens with one attached hydrogen (secondary N) is 1. The maximum absolute atomic E-state index is 12.3. The Kier molecular flexibility index (Phi) is 8.86. The second-order valence-corrected chi connectivity index (χ2v) is 8.95. The van der Waals surface area contributed by atoms with Gasteiger partial charge in [-0.25, -0.2) is 9.59 Å². The third kappa shape index (κ3) is 7.99. The number of carboxylic acid groups (broad SMARTS) is 2. The molecule has 2 aromatic rings. The van der Waals surface area contributed by atoms with Gasteiger partial charge in [-0.05, 0) is 22.3 Å². The molecule has 0 fully saturated rings. The third-order valence-electron chi connectivity index (χ3n) is 5.25. The third-order valence-corrected chi connectivity index (χ3v) is 5.25. The number of fused-ring (bicyclic) bond motifs is 3. The lowest BCUT2D eigenvalue weighted by Crippen LogP contribution is -2.45. The van der Waals surface area contributed by atoms with E-state index in [-0.39, 0.29) is 12.5 Å². The highest BCUT2D eigenvalue weighted by Gasteiger charge is 2.30. The normalized spacial score (nSPS) is 13.5. The SMILES string of the molecule is C[N+](C)(C)CC[C@H](NC(=O)OCC1c2ccccc2-c2ccccc21)C(=O)O.O=C([O-])C(F)(F)F. The molecule has 0 aliphatic heterocycles. The van der Waals surface area contributed by atoms with E-state index in [2.05, 4.69) is 17.4 Å². The predicted octanol–water partition coefficient (Wildman–Crippen LogP) is 2.37. The first-order chi connectivity index (χ1) is 16.2. The zero-order valence-electron chi connectivity index (χ0n) is 19.5. The lowest BCUT2D eigenvalue weighted by molar-refractivity contribution is -0.870. The van der Waals surface area contributed by atoms with E-state index in [1.165, 1.54) is 0 Å². The van der Waals surface area contributed by atoms with Crippen molar-refractivity contribution in [2.75, 3.05) is 34.3 Å². The molecule has 0 saturated carbocycles. The van der Waals surface area contributed by atoms with Crippen LogP contribution in [0, 0.1) is 0 Å². The minimum Gasteiger partial charge on any atom is -0.542 e. The standard InChI is InChI=1S/C22H26N2O4.C2HF3O2/c1-24(2,3)13-12-20(21(25)26)23-22(27)28-14-19-17-10-6-4-8-15(17)16-9-5-7-11-18(16)19;3-2(4,5)1(6)7/h4-11,19-20H,12-14H2,1-3H3,(H-,23,25,26,27);(H,6,7)/t20-;/m0./s1. The van der Waals surface area contributed by atoms with Crippen LogP contribution in [0.1, 0.15) is 23.5 Å². The molecule has 190 valence electrons. The van der Waals surface area contributed by atoms with Crippen molar-refractivity contribution in [2.24, 2.45) is 0 Å². The van der Waals surface area contributed by atoms with Gasteiger partial charge in [0.25, 0.3) is 0 Å². The van der Waals surface area contributed by atoms with Gasteiger partial charge in [-0.2, -0.15) is 13.2 Å². The number of rotatable bonds is 7. The minimum absolute atomic E-state index is 0.0485. The summed E-state index contributed by atoms with van der Waals surface area (Å²) in [4.78, 5) is 32.5. The van der Waals surface area contributed by atoms with E-state index in [9.17, 15) is 27.9 Å². The maximum Gasteiger partial charge on any atom is 0.430 e. The molecule has 1 aliphatic carbocycles. The molecule has 1 amide bonds. The Balaban J connectivity index is 0.000000540. The van der Waals surface area contributed by atoms with Gasteiger partial charge in [0.1, 0.15) is 18.6 Å². The summed E-state index contributed by atoms with van der Waals surface area (Å²) in [5.41, 5.74) is 4.55. The van der Waals surface area contributed by atoms with Crippen LogP contribution >= 0.6 is 0 Å². The first-order valence-electron chi connectivity index (χ1n) is 10.6. The smallest absolute Gasteiger partial charge is 0.430 e. The number of amides is 1. The van der Waals surface area contributed by atoms with Crippen molar-refractivity contribution < 1.29 is 47.0 Å². The lowest BCUT2D eigenvalue weighted by Gasteiger charge is -2.25. The number of aliphatic carboxylic acids is 2. The van der Waals surface area contributed by atoms with Gasteiger partial charge in [-0.15, -0.1) is 0 Å². The summed E-state index contributed by atoms with van der Waals surface area (Å²) in [5.74, 6) is -4.11. The molecule has 0 heterocycles. The lowest BCUT2D eigenvalue weighted by atomic mass is 9.98. The highest BCUT2D eigenvalue weighted by molar-refractivity contribution is 5.81. The van der Waals surface area contributed by atoms with Crippen molar-refractivity contribution in [3.63, 3.8) is 0 Å². The molecule has 1 aliphatic rings. The van der Waals surface area contributed by atoms with Gasteiger partial charge in [-0.1, -0.05) is 48.5 Å². The van der Waals surface area contributed by atoms with Crippen LogP contribution in [-0.4, -0.2) is 74.1 Å². The number of hydrogen-bond acceptors (Lipinski definition) is 5. The first-order valence-corrected chi connectivity index (χ1v) is 10.6. The van der Waals surface area contributed by atoms with Crippen molar-refractivity contribution in [1.29, 1.82) is 0 Å². The highest BCUT2D eigenvalue weighted by Crippen LogP contribution is 2.44. The van der Waals surface area contributed by atoms with Gasteiger partial charge in [0, 0.05) is 12.3 Å². The van der Waals surface area contributed by atoms with Crippen LogP contribution in [0.25, 0.3) is 11.1 Å². The number of hydrogen-bond donors (Lipinski definition) is 2. The summed E-state index contributed by atoms with van der Waals surface area (Å²) >= 11 is 0. The van der Waals surface area contributed by atoms with Gasteiger partial charge >= 0.3 is 18.2 Å². The van der Waals surface area contributed by atoms with Crippen molar-refractivity contribution in [3.05, 3.63) is 59.7 Å². The fourth-order valence-corrected chi connectivity index (χ4v) is 3.56. The number of ether oxygens (including phenoxy) is 1. The van der Waals surface area contributed by atoms with Gasteiger partial charge in [0.2, 0.25) is 0 Å². The summed E-state index contributed by atoms with van der Waals surface area (Å²) in [5, 5.41) is 20.7. The van der Waals surface area contributed by atoms with Gasteiger partial charge < -0.3 is 29.5 Å². The maximum atomic E-state index is 12.3. The van der Waals surface area contributed by atoms with Crippen LogP contribution in [0.2, 0.25) is 0 Å². The van der Waals surface area contributed by atoms with Crippen LogP contribution in [0.3, 0.4) is 0 Å². The fraction of sp³-hybridized carbons (Fsp3) is 0.375. The van der Waals surface area contributed by atoms with Crippen LogP contribution < -0.4 is 10.4 Å². The van der Waals surface area contributed by atoms with E-state index in [0.717, 1.165) is 22.3 Å². The van der Waals surface area contributed by atoms with Crippen molar-refractivity contribution in [1.82, 2.24) is 5.32 Å². The van der Waals surface area contributed by atoms with Crippen LogP contribution in [0.5, 0.6) is 0 Å². The molecule has 0 spiro atoms. The van der Waals surface area contributed by atoms with E-state index in [4.69, 9.17) is 14.6 Å². The van der Waals surface area contributed by atoms with Gasteiger partial charge in [0.15, 0.2) is 0 Å². The topological polar surface area (TPSA) is 116 Å². The van der Waals surface area contributed by atoms with Gasteiger partial charge in [0.05, 0.1) is 27.7 Å². The Labute approximate surface area is 200 Å². The number of carboxylic acids is 2. The molecular formula is C24H27F3N2O6. The molecule has 1 atom stereocenters. The average molecular weight is 496 g/mol. The summed E-state index contributed by atoms with van der Waals surface area (Å²) in [6, 6.07) is 15.2. The number of alkyl halides is 3. The van der Waals surface area contributed by atoms with E-state index in [0.29, 0.717) is 17.4 Å². The zero-order chi connectivity index (χ0) is 26.4. The summed E-state index contributed by atoms with van der Waals surface area (Å²) < 4.78 is 37.6. The molecule has 2 aromatic carbocycles. The summed E-state index contributed by atoms with van der Waals surface area (Å²) in [6.07, 6.45) is -5.56. The molecule has 8 nitrogen and oxygen atoms in total. The number of quaternary nitrogens is 1. The minimum atomic E-state index is -5.19. The van der Waals surface area contributed by atoms with Crippen LogP contribution in [0.4, 0.5) is 18.0 Å². The van der Waals surface area contributed by atoms with Crippen LogP contribution in [0.15, 0.2) is 48.5 Å². The molecule has 35 heavy (non-hydrogen) atoms. The Morgan fingerprint density at radius 1 is 1.03 bits per heavy atom. The fourth-order valence-electron chi connectivity index (χ4n) is 3.56. The molecule has 0 bridgehead atoms. The quantitative estimate of drug-likeness (QED) is 0.569. The second kappa shape index (κ2) is 11.2. The number of benzene rings is 2. The zero-order valence-corrected chi connectivity index (χ0v) is 19.5. The van der Waals surface area contributed by atoms with Crippen molar-refractivity contribution >= 4 is 18.0 Å². The summed E-state index contributed by atoms with van der Waals surface area (Å²) in [6.45, 7) is 0.794. The Morgan fingerprint density at radius 2 is 1.49 bits per heavy atom. The molecule has 0 radical (unpaired) electrons. The Hall–Kier alpha value is -3.60.